The number of carbonyl (C=O) groups is 1. The lowest BCUT2D eigenvalue weighted by Crippen LogP contribution is -2.29. The zero-order chi connectivity index (χ0) is 15.1. The van der Waals surface area contributed by atoms with Crippen LogP contribution in [0.2, 0.25) is 5.02 Å². The zero-order valence-corrected chi connectivity index (χ0v) is 12.5. The van der Waals surface area contributed by atoms with Crippen LogP contribution in [0.1, 0.15) is 44.8 Å². The third kappa shape index (κ3) is 4.90. The highest BCUT2D eigenvalue weighted by atomic mass is 35.5. The van der Waals surface area contributed by atoms with Crippen molar-refractivity contribution in [2.24, 2.45) is 0 Å². The molecule has 1 rings (SSSR count). The van der Waals surface area contributed by atoms with E-state index in [9.17, 15) is 15.0 Å². The lowest BCUT2D eigenvalue weighted by Gasteiger charge is -2.13. The molecule has 0 saturated heterocycles. The third-order valence-corrected chi connectivity index (χ3v) is 3.15. The van der Waals surface area contributed by atoms with Crippen LogP contribution in [-0.4, -0.2) is 22.8 Å². The molecule has 5 nitrogen and oxygen atoms in total. The predicted molar refractivity (Wildman–Crippen MR) is 80.3 cm³/mol. The molecule has 112 valence electrons. The number of halogens is 1. The van der Waals surface area contributed by atoms with Crippen molar-refractivity contribution in [1.29, 1.82) is 0 Å². The lowest BCUT2D eigenvalue weighted by atomic mass is 10.1. The summed E-state index contributed by atoms with van der Waals surface area (Å²) in [6, 6.07) is 2.60. The molecule has 0 bridgehead atoms. The van der Waals surface area contributed by atoms with Gasteiger partial charge in [0.25, 0.3) is 0 Å². The molecule has 0 aliphatic carbocycles. The quantitative estimate of drug-likeness (QED) is 0.480. The standard InChI is InChI=1S/C14H21ClN2O3/c1-3-4-5-6-16-14(20)17-10-7-11(9(2)18)13(19)12(15)8-10/h7-9,18-19H,3-6H2,1-2H3,(H2,16,17,20). The first-order valence-electron chi connectivity index (χ1n) is 6.71. The zero-order valence-electron chi connectivity index (χ0n) is 11.7. The van der Waals surface area contributed by atoms with Crippen LogP contribution in [0, 0.1) is 0 Å². The molecular weight excluding hydrogens is 280 g/mol. The number of aliphatic hydroxyl groups excluding tert-OH is 1. The number of unbranched alkanes of at least 4 members (excludes halogenated alkanes) is 2. The number of nitrogens with one attached hydrogen (secondary N) is 2. The van der Waals surface area contributed by atoms with Gasteiger partial charge in [0.1, 0.15) is 5.75 Å². The normalized spacial score (nSPS) is 12.0. The van der Waals surface area contributed by atoms with Crippen molar-refractivity contribution >= 4 is 23.3 Å². The van der Waals surface area contributed by atoms with Crippen LogP contribution < -0.4 is 10.6 Å². The maximum atomic E-state index is 11.7. The lowest BCUT2D eigenvalue weighted by molar-refractivity contribution is 0.195. The van der Waals surface area contributed by atoms with E-state index in [1.165, 1.54) is 19.1 Å². The van der Waals surface area contributed by atoms with E-state index in [0.717, 1.165) is 19.3 Å². The summed E-state index contributed by atoms with van der Waals surface area (Å²) in [7, 11) is 0. The Balaban J connectivity index is 2.66. The molecule has 0 heterocycles. The van der Waals surface area contributed by atoms with E-state index in [4.69, 9.17) is 11.6 Å². The van der Waals surface area contributed by atoms with Crippen LogP contribution in [-0.2, 0) is 0 Å². The Morgan fingerprint density at radius 2 is 2.10 bits per heavy atom. The average molecular weight is 301 g/mol. The maximum absolute atomic E-state index is 11.7. The molecule has 1 aromatic carbocycles. The monoisotopic (exact) mass is 300 g/mol. The fourth-order valence-electron chi connectivity index (χ4n) is 1.76. The Kier molecular flexibility index (Phi) is 6.61. The number of amides is 2. The highest BCUT2D eigenvalue weighted by molar-refractivity contribution is 6.32. The summed E-state index contributed by atoms with van der Waals surface area (Å²) >= 11 is 5.86. The summed E-state index contributed by atoms with van der Waals surface area (Å²) in [5.74, 6) is -0.171. The summed E-state index contributed by atoms with van der Waals surface area (Å²) in [6.07, 6.45) is 2.22. The van der Waals surface area contributed by atoms with Gasteiger partial charge in [0.15, 0.2) is 0 Å². The van der Waals surface area contributed by atoms with Crippen molar-refractivity contribution in [2.45, 2.75) is 39.2 Å². The number of aliphatic hydroxyl groups is 1. The van der Waals surface area contributed by atoms with Gasteiger partial charge >= 0.3 is 6.03 Å². The number of phenols is 1. The second-order valence-electron chi connectivity index (χ2n) is 4.66. The molecule has 6 heteroatoms. The molecule has 4 N–H and O–H groups in total. The first-order chi connectivity index (χ1) is 9.45. The van der Waals surface area contributed by atoms with Gasteiger partial charge in [0, 0.05) is 17.8 Å². The number of carbonyl (C=O) groups excluding carboxylic acids is 1. The van der Waals surface area contributed by atoms with Crippen molar-refractivity contribution < 1.29 is 15.0 Å². The van der Waals surface area contributed by atoms with Crippen LogP contribution in [0.4, 0.5) is 10.5 Å². The van der Waals surface area contributed by atoms with E-state index in [1.807, 2.05) is 0 Å². The summed E-state index contributed by atoms with van der Waals surface area (Å²) in [5, 5.41) is 24.7. The van der Waals surface area contributed by atoms with Crippen molar-refractivity contribution in [3.8, 4) is 5.75 Å². The Morgan fingerprint density at radius 3 is 2.70 bits per heavy atom. The number of benzene rings is 1. The summed E-state index contributed by atoms with van der Waals surface area (Å²) in [4.78, 5) is 11.7. The van der Waals surface area contributed by atoms with Crippen molar-refractivity contribution in [1.82, 2.24) is 5.32 Å². The van der Waals surface area contributed by atoms with Gasteiger partial charge in [-0.05, 0) is 25.5 Å². The number of urea groups is 1. The van der Waals surface area contributed by atoms with Crippen LogP contribution in [0.15, 0.2) is 12.1 Å². The molecule has 0 aliphatic heterocycles. The van der Waals surface area contributed by atoms with Crippen molar-refractivity contribution in [3.05, 3.63) is 22.7 Å². The van der Waals surface area contributed by atoms with E-state index < -0.39 is 6.10 Å². The smallest absolute Gasteiger partial charge is 0.319 e. The molecular formula is C14H21ClN2O3. The van der Waals surface area contributed by atoms with Gasteiger partial charge < -0.3 is 20.8 Å². The van der Waals surface area contributed by atoms with Crippen LogP contribution >= 0.6 is 11.6 Å². The minimum atomic E-state index is -0.873. The Labute approximate surface area is 124 Å². The van der Waals surface area contributed by atoms with Crippen molar-refractivity contribution in [3.63, 3.8) is 0 Å². The largest absolute Gasteiger partial charge is 0.506 e. The Morgan fingerprint density at radius 1 is 1.40 bits per heavy atom. The minimum Gasteiger partial charge on any atom is -0.506 e. The first-order valence-corrected chi connectivity index (χ1v) is 7.08. The molecule has 0 fully saturated rings. The molecule has 20 heavy (non-hydrogen) atoms. The highest BCUT2D eigenvalue weighted by Gasteiger charge is 2.13. The van der Waals surface area contributed by atoms with Gasteiger partial charge in [-0.15, -0.1) is 0 Å². The molecule has 1 unspecified atom stereocenters. The Bertz CT molecular complexity index is 464. The molecule has 2 amide bonds. The van der Waals surface area contributed by atoms with Crippen LogP contribution in [0.25, 0.3) is 0 Å². The van der Waals surface area contributed by atoms with Crippen LogP contribution in [0.3, 0.4) is 0 Å². The Hall–Kier alpha value is -1.46. The number of hydrogen-bond acceptors (Lipinski definition) is 3. The highest BCUT2D eigenvalue weighted by Crippen LogP contribution is 2.34. The van der Waals surface area contributed by atoms with E-state index >= 15 is 0 Å². The molecule has 0 aliphatic rings. The molecule has 1 atom stereocenters. The predicted octanol–water partition coefficient (Wildman–Crippen LogP) is 3.41. The van der Waals surface area contributed by atoms with Gasteiger partial charge in [-0.3, -0.25) is 0 Å². The van der Waals surface area contributed by atoms with Crippen molar-refractivity contribution in [2.75, 3.05) is 11.9 Å². The van der Waals surface area contributed by atoms with Crippen LogP contribution in [0.5, 0.6) is 5.75 Å². The SMILES string of the molecule is CCCCCNC(=O)Nc1cc(Cl)c(O)c(C(C)O)c1. The first kappa shape index (κ1) is 16.6. The molecule has 0 saturated carbocycles. The number of anilines is 1. The number of phenolic OH excluding ortho intramolecular Hbond substituents is 1. The van der Waals surface area contributed by atoms with E-state index in [2.05, 4.69) is 17.6 Å². The summed E-state index contributed by atoms with van der Waals surface area (Å²) in [5.41, 5.74) is 0.704. The average Bonchev–Trinajstić information content (AvgIpc) is 2.38. The second kappa shape index (κ2) is 7.97. The third-order valence-electron chi connectivity index (χ3n) is 2.87. The van der Waals surface area contributed by atoms with Gasteiger partial charge in [-0.1, -0.05) is 31.4 Å². The second-order valence-corrected chi connectivity index (χ2v) is 5.07. The molecule has 0 radical (unpaired) electrons. The maximum Gasteiger partial charge on any atom is 0.319 e. The summed E-state index contributed by atoms with van der Waals surface area (Å²) in [6.45, 7) is 4.21. The number of hydrogen-bond donors (Lipinski definition) is 4. The molecule has 1 aromatic rings. The number of rotatable bonds is 6. The van der Waals surface area contributed by atoms with Gasteiger partial charge in [0.2, 0.25) is 0 Å². The molecule has 0 spiro atoms. The van der Waals surface area contributed by atoms with Gasteiger partial charge in [0.05, 0.1) is 11.1 Å². The van der Waals surface area contributed by atoms with E-state index in [1.54, 1.807) is 0 Å². The number of aromatic hydroxyl groups is 1. The van der Waals surface area contributed by atoms with E-state index in [0.29, 0.717) is 12.2 Å². The van der Waals surface area contributed by atoms with E-state index in [-0.39, 0.29) is 22.4 Å². The summed E-state index contributed by atoms with van der Waals surface area (Å²) < 4.78 is 0. The minimum absolute atomic E-state index is 0.0877. The fourth-order valence-corrected chi connectivity index (χ4v) is 1.99. The van der Waals surface area contributed by atoms with Gasteiger partial charge in [-0.2, -0.15) is 0 Å². The molecule has 0 aromatic heterocycles. The fraction of sp³-hybridized carbons (Fsp3) is 0.500. The topological polar surface area (TPSA) is 81.6 Å². The van der Waals surface area contributed by atoms with Gasteiger partial charge in [-0.25, -0.2) is 4.79 Å².